The molecule has 0 spiro atoms. The summed E-state index contributed by atoms with van der Waals surface area (Å²) in [5.41, 5.74) is 1.91. The van der Waals surface area contributed by atoms with E-state index in [1.54, 1.807) is 7.05 Å². The molecule has 1 aliphatic rings. The van der Waals surface area contributed by atoms with Crippen LogP contribution in [-0.2, 0) is 6.54 Å². The molecule has 0 unspecified atom stereocenters. The molecule has 1 saturated heterocycles. The average Bonchev–Trinajstić information content (AvgIpc) is 3.29. The topological polar surface area (TPSA) is 68.8 Å². The zero-order valence-corrected chi connectivity index (χ0v) is 17.7. The minimum atomic E-state index is -0.0130. The van der Waals surface area contributed by atoms with Crippen molar-refractivity contribution in [1.29, 1.82) is 0 Å². The summed E-state index contributed by atoms with van der Waals surface area (Å²) in [6.07, 6.45) is 2.18. The minimum Gasteiger partial charge on any atom is -0.356 e. The van der Waals surface area contributed by atoms with Crippen molar-refractivity contribution in [2.75, 3.05) is 37.8 Å². The third-order valence-corrected chi connectivity index (χ3v) is 5.68. The molecule has 2 amide bonds. The fourth-order valence-corrected chi connectivity index (χ4v) is 3.93. The first-order valence-electron chi connectivity index (χ1n) is 10.0. The van der Waals surface area contributed by atoms with Crippen LogP contribution < -0.4 is 16.0 Å². The Kier molecular flexibility index (Phi) is 8.25. The second-order valence-electron chi connectivity index (χ2n) is 6.84. The molecule has 0 aromatic heterocycles. The Morgan fingerprint density at radius 1 is 1.07 bits per heavy atom. The number of thioether (sulfide) groups is 1. The van der Waals surface area contributed by atoms with Gasteiger partial charge < -0.3 is 20.9 Å². The lowest BCUT2D eigenvalue weighted by atomic mass is 10.2. The number of benzene rings is 2. The highest BCUT2D eigenvalue weighted by Crippen LogP contribution is 2.16. The van der Waals surface area contributed by atoms with Crippen LogP contribution in [0.2, 0.25) is 0 Å². The normalized spacial score (nSPS) is 14.0. The summed E-state index contributed by atoms with van der Waals surface area (Å²) in [5.74, 6) is 1.73. The fourth-order valence-electron chi connectivity index (χ4n) is 3.14. The summed E-state index contributed by atoms with van der Waals surface area (Å²) < 4.78 is 0. The number of hydrogen-bond donors (Lipinski definition) is 3. The van der Waals surface area contributed by atoms with Crippen molar-refractivity contribution in [1.82, 2.24) is 15.5 Å². The van der Waals surface area contributed by atoms with Crippen molar-refractivity contribution in [3.05, 3.63) is 60.2 Å². The van der Waals surface area contributed by atoms with Crippen LogP contribution in [0.4, 0.5) is 10.5 Å². The number of nitrogens with zero attached hydrogens (tertiary/aromatic N) is 2. The van der Waals surface area contributed by atoms with Crippen LogP contribution in [0.25, 0.3) is 0 Å². The SMILES string of the molecule is CN=C(NCCSc1ccccc1)NCc1cccc(NC(=O)N2CCCC2)c1. The maximum absolute atomic E-state index is 12.3. The Morgan fingerprint density at radius 3 is 2.62 bits per heavy atom. The summed E-state index contributed by atoms with van der Waals surface area (Å²) >= 11 is 1.82. The quantitative estimate of drug-likeness (QED) is 0.281. The van der Waals surface area contributed by atoms with Crippen LogP contribution in [0, 0.1) is 0 Å². The highest BCUT2D eigenvalue weighted by Gasteiger charge is 2.17. The van der Waals surface area contributed by atoms with Crippen LogP contribution in [-0.4, -0.2) is 49.3 Å². The van der Waals surface area contributed by atoms with Gasteiger partial charge in [-0.05, 0) is 42.7 Å². The van der Waals surface area contributed by atoms with Gasteiger partial charge in [0.05, 0.1) is 0 Å². The van der Waals surface area contributed by atoms with E-state index >= 15 is 0 Å². The molecule has 2 aromatic rings. The number of anilines is 1. The van der Waals surface area contributed by atoms with Crippen LogP contribution in [0.15, 0.2) is 64.5 Å². The van der Waals surface area contributed by atoms with E-state index in [0.717, 1.165) is 55.4 Å². The lowest BCUT2D eigenvalue weighted by Crippen LogP contribution is -2.38. The lowest BCUT2D eigenvalue weighted by molar-refractivity contribution is 0.222. The molecule has 3 N–H and O–H groups in total. The van der Waals surface area contributed by atoms with Crippen LogP contribution in [0.5, 0.6) is 0 Å². The molecule has 6 nitrogen and oxygen atoms in total. The van der Waals surface area contributed by atoms with Crippen molar-refractivity contribution in [3.63, 3.8) is 0 Å². The van der Waals surface area contributed by atoms with E-state index in [4.69, 9.17) is 0 Å². The van der Waals surface area contributed by atoms with Gasteiger partial charge in [0.15, 0.2) is 5.96 Å². The van der Waals surface area contributed by atoms with Crippen LogP contribution in [0.1, 0.15) is 18.4 Å². The van der Waals surface area contributed by atoms with E-state index in [-0.39, 0.29) is 6.03 Å². The van der Waals surface area contributed by atoms with Gasteiger partial charge in [0, 0.05) is 49.6 Å². The number of nitrogens with one attached hydrogen (secondary N) is 3. The lowest BCUT2D eigenvalue weighted by Gasteiger charge is -2.17. The number of urea groups is 1. The highest BCUT2D eigenvalue weighted by atomic mass is 32.2. The zero-order chi connectivity index (χ0) is 20.3. The summed E-state index contributed by atoms with van der Waals surface area (Å²) in [4.78, 5) is 19.7. The van der Waals surface area contributed by atoms with Gasteiger partial charge in [0.25, 0.3) is 0 Å². The van der Waals surface area contributed by atoms with Gasteiger partial charge in [-0.2, -0.15) is 0 Å². The standard InChI is InChI=1S/C22H29N5OS/c1-23-21(24-12-15-29-20-10-3-2-4-11-20)25-17-18-8-7-9-19(16-18)26-22(28)27-13-5-6-14-27/h2-4,7-11,16H,5-6,12-15,17H2,1H3,(H,26,28)(H2,23,24,25). The largest absolute Gasteiger partial charge is 0.356 e. The number of aliphatic imine (C=N–C) groups is 1. The van der Waals surface area contributed by atoms with Gasteiger partial charge in [-0.15, -0.1) is 11.8 Å². The number of hydrogen-bond acceptors (Lipinski definition) is 3. The van der Waals surface area contributed by atoms with Crippen LogP contribution in [0.3, 0.4) is 0 Å². The second-order valence-corrected chi connectivity index (χ2v) is 8.01. The molecule has 2 aromatic carbocycles. The molecule has 29 heavy (non-hydrogen) atoms. The van der Waals surface area contributed by atoms with Gasteiger partial charge in [-0.25, -0.2) is 4.79 Å². The third-order valence-electron chi connectivity index (χ3n) is 4.66. The monoisotopic (exact) mass is 411 g/mol. The number of rotatable bonds is 7. The fraction of sp³-hybridized carbons (Fsp3) is 0.364. The molecule has 0 aliphatic carbocycles. The van der Waals surface area contributed by atoms with Crippen molar-refractivity contribution >= 4 is 29.4 Å². The first-order valence-corrected chi connectivity index (χ1v) is 11.0. The Hall–Kier alpha value is -2.67. The van der Waals surface area contributed by atoms with E-state index in [1.165, 1.54) is 4.90 Å². The molecular formula is C22H29N5OS. The Balaban J connectivity index is 1.41. The van der Waals surface area contributed by atoms with Crippen LogP contribution >= 0.6 is 11.8 Å². The molecule has 154 valence electrons. The van der Waals surface area contributed by atoms with Gasteiger partial charge in [-0.1, -0.05) is 30.3 Å². The van der Waals surface area contributed by atoms with E-state index in [2.05, 4.69) is 45.2 Å². The van der Waals surface area contributed by atoms with E-state index in [9.17, 15) is 4.79 Å². The van der Waals surface area contributed by atoms with Gasteiger partial charge in [0.1, 0.15) is 0 Å². The minimum absolute atomic E-state index is 0.0130. The maximum Gasteiger partial charge on any atom is 0.321 e. The van der Waals surface area contributed by atoms with E-state index in [0.29, 0.717) is 6.54 Å². The molecule has 3 rings (SSSR count). The van der Waals surface area contributed by atoms with Crippen molar-refractivity contribution in [2.24, 2.45) is 4.99 Å². The summed E-state index contributed by atoms with van der Waals surface area (Å²) in [5, 5.41) is 9.66. The third kappa shape index (κ3) is 7.02. The number of carbonyl (C=O) groups excluding carboxylic acids is 1. The van der Waals surface area contributed by atoms with Crippen molar-refractivity contribution in [3.8, 4) is 0 Å². The molecule has 0 atom stereocenters. The maximum atomic E-state index is 12.3. The Morgan fingerprint density at radius 2 is 1.86 bits per heavy atom. The number of amides is 2. The van der Waals surface area contributed by atoms with Gasteiger partial charge in [-0.3, -0.25) is 4.99 Å². The molecule has 1 aliphatic heterocycles. The predicted octanol–water partition coefficient (Wildman–Crippen LogP) is 3.77. The van der Waals surface area contributed by atoms with Gasteiger partial charge >= 0.3 is 6.03 Å². The van der Waals surface area contributed by atoms with E-state index in [1.807, 2.05) is 47.0 Å². The molecular weight excluding hydrogens is 382 g/mol. The first kappa shape index (κ1) is 21.0. The highest BCUT2D eigenvalue weighted by molar-refractivity contribution is 7.99. The zero-order valence-electron chi connectivity index (χ0n) is 16.9. The molecule has 7 heteroatoms. The average molecular weight is 412 g/mol. The second kappa shape index (κ2) is 11.4. The summed E-state index contributed by atoms with van der Waals surface area (Å²) in [6, 6.07) is 18.3. The summed E-state index contributed by atoms with van der Waals surface area (Å²) in [7, 11) is 1.77. The molecule has 0 radical (unpaired) electrons. The number of likely N-dealkylation sites (tertiary alicyclic amines) is 1. The van der Waals surface area contributed by atoms with Crippen molar-refractivity contribution in [2.45, 2.75) is 24.3 Å². The van der Waals surface area contributed by atoms with E-state index < -0.39 is 0 Å². The summed E-state index contributed by atoms with van der Waals surface area (Å²) in [6.45, 7) is 3.15. The molecule has 0 bridgehead atoms. The van der Waals surface area contributed by atoms with Crippen molar-refractivity contribution < 1.29 is 4.79 Å². The smallest absolute Gasteiger partial charge is 0.321 e. The molecule has 1 fully saturated rings. The van der Waals surface area contributed by atoms with Gasteiger partial charge in [0.2, 0.25) is 0 Å². The predicted molar refractivity (Wildman–Crippen MR) is 122 cm³/mol. The molecule has 0 saturated carbocycles. The Labute approximate surface area is 177 Å². The number of carbonyl (C=O) groups is 1. The molecule has 1 heterocycles. The Bertz CT molecular complexity index is 806. The number of guanidine groups is 1. The first-order chi connectivity index (χ1) is 14.2.